The Morgan fingerprint density at radius 3 is 2.44 bits per heavy atom. The van der Waals surface area contributed by atoms with E-state index < -0.39 is 0 Å². The SMILES string of the molecule is CC(C)(C)NCc1nnc(-c2ccc(I)cc2)o1. The van der Waals surface area contributed by atoms with Gasteiger partial charge in [0.15, 0.2) is 0 Å². The van der Waals surface area contributed by atoms with Gasteiger partial charge in [-0.15, -0.1) is 10.2 Å². The van der Waals surface area contributed by atoms with E-state index in [4.69, 9.17) is 4.42 Å². The van der Waals surface area contributed by atoms with Crippen molar-refractivity contribution in [3.63, 3.8) is 0 Å². The van der Waals surface area contributed by atoms with Crippen LogP contribution in [0.2, 0.25) is 0 Å². The molecule has 0 unspecified atom stereocenters. The van der Waals surface area contributed by atoms with Gasteiger partial charge in [0, 0.05) is 14.7 Å². The molecule has 0 fully saturated rings. The summed E-state index contributed by atoms with van der Waals surface area (Å²) in [5.41, 5.74) is 0.988. The van der Waals surface area contributed by atoms with Gasteiger partial charge >= 0.3 is 0 Å². The van der Waals surface area contributed by atoms with Crippen LogP contribution in [-0.2, 0) is 6.54 Å². The number of rotatable bonds is 3. The topological polar surface area (TPSA) is 51.0 Å². The van der Waals surface area contributed by atoms with Crippen LogP contribution in [0.5, 0.6) is 0 Å². The quantitative estimate of drug-likeness (QED) is 0.857. The largest absolute Gasteiger partial charge is 0.419 e. The van der Waals surface area contributed by atoms with Crippen molar-refractivity contribution in [1.82, 2.24) is 15.5 Å². The van der Waals surface area contributed by atoms with Crippen molar-refractivity contribution >= 4 is 22.6 Å². The van der Waals surface area contributed by atoms with E-state index in [9.17, 15) is 0 Å². The van der Waals surface area contributed by atoms with Crippen LogP contribution < -0.4 is 5.32 Å². The lowest BCUT2D eigenvalue weighted by molar-refractivity contribution is 0.383. The third-order valence-corrected chi connectivity index (χ3v) is 3.05. The van der Waals surface area contributed by atoms with Crippen LogP contribution in [0.4, 0.5) is 0 Å². The van der Waals surface area contributed by atoms with Gasteiger partial charge in [0.05, 0.1) is 6.54 Å². The molecule has 1 heterocycles. The number of halogens is 1. The molecule has 0 aliphatic heterocycles. The summed E-state index contributed by atoms with van der Waals surface area (Å²) in [4.78, 5) is 0. The molecule has 18 heavy (non-hydrogen) atoms. The van der Waals surface area contributed by atoms with Gasteiger partial charge < -0.3 is 9.73 Å². The maximum absolute atomic E-state index is 5.62. The van der Waals surface area contributed by atoms with E-state index in [0.717, 1.165) is 5.56 Å². The molecule has 0 aliphatic rings. The van der Waals surface area contributed by atoms with E-state index in [1.807, 2.05) is 24.3 Å². The molecule has 1 N–H and O–H groups in total. The first kappa shape index (κ1) is 13.5. The first-order valence-electron chi connectivity index (χ1n) is 5.77. The summed E-state index contributed by atoms with van der Waals surface area (Å²) in [5, 5.41) is 11.4. The van der Waals surface area contributed by atoms with Gasteiger partial charge in [0.25, 0.3) is 0 Å². The first-order chi connectivity index (χ1) is 8.44. The van der Waals surface area contributed by atoms with Crippen molar-refractivity contribution in [2.75, 3.05) is 0 Å². The number of hydrogen-bond acceptors (Lipinski definition) is 4. The summed E-state index contributed by atoms with van der Waals surface area (Å²) < 4.78 is 6.80. The summed E-state index contributed by atoms with van der Waals surface area (Å²) in [7, 11) is 0. The smallest absolute Gasteiger partial charge is 0.247 e. The van der Waals surface area contributed by atoms with Gasteiger partial charge in [-0.2, -0.15) is 0 Å². The van der Waals surface area contributed by atoms with Crippen molar-refractivity contribution in [3.05, 3.63) is 33.7 Å². The molecule has 5 heteroatoms. The molecule has 0 atom stereocenters. The molecule has 0 spiro atoms. The summed E-state index contributed by atoms with van der Waals surface area (Å²) in [6.07, 6.45) is 0. The van der Waals surface area contributed by atoms with E-state index in [1.165, 1.54) is 3.57 Å². The molecule has 0 amide bonds. The lowest BCUT2D eigenvalue weighted by Crippen LogP contribution is -2.35. The van der Waals surface area contributed by atoms with Crippen LogP contribution in [0.25, 0.3) is 11.5 Å². The van der Waals surface area contributed by atoms with E-state index in [0.29, 0.717) is 18.3 Å². The van der Waals surface area contributed by atoms with Gasteiger partial charge in [-0.1, -0.05) is 0 Å². The summed E-state index contributed by atoms with van der Waals surface area (Å²) in [6.45, 7) is 6.89. The zero-order valence-corrected chi connectivity index (χ0v) is 12.9. The normalized spacial score (nSPS) is 11.8. The monoisotopic (exact) mass is 357 g/mol. The van der Waals surface area contributed by atoms with Crippen molar-refractivity contribution < 1.29 is 4.42 Å². The maximum atomic E-state index is 5.62. The van der Waals surface area contributed by atoms with Gasteiger partial charge in [0.1, 0.15) is 0 Å². The van der Waals surface area contributed by atoms with Crippen LogP contribution in [0.1, 0.15) is 26.7 Å². The minimum Gasteiger partial charge on any atom is -0.419 e. The van der Waals surface area contributed by atoms with Crippen molar-refractivity contribution in [1.29, 1.82) is 0 Å². The third kappa shape index (κ3) is 3.78. The second-order valence-electron chi connectivity index (χ2n) is 5.11. The molecule has 2 rings (SSSR count). The fourth-order valence-electron chi connectivity index (χ4n) is 1.37. The average Bonchev–Trinajstić information content (AvgIpc) is 2.75. The molecular weight excluding hydrogens is 341 g/mol. The second-order valence-corrected chi connectivity index (χ2v) is 6.36. The zero-order valence-electron chi connectivity index (χ0n) is 10.7. The Morgan fingerprint density at radius 1 is 1.17 bits per heavy atom. The molecule has 0 aliphatic carbocycles. The van der Waals surface area contributed by atoms with Crippen LogP contribution in [-0.4, -0.2) is 15.7 Å². The highest BCUT2D eigenvalue weighted by Gasteiger charge is 2.12. The molecule has 2 aromatic rings. The van der Waals surface area contributed by atoms with Crippen LogP contribution in [0.15, 0.2) is 28.7 Å². The predicted molar refractivity (Wildman–Crippen MR) is 79.0 cm³/mol. The van der Waals surface area contributed by atoms with Crippen molar-refractivity contribution in [2.24, 2.45) is 0 Å². The van der Waals surface area contributed by atoms with E-state index in [-0.39, 0.29) is 5.54 Å². The van der Waals surface area contributed by atoms with Crippen LogP contribution in [0, 0.1) is 3.57 Å². The molecule has 0 bridgehead atoms. The molecule has 96 valence electrons. The first-order valence-corrected chi connectivity index (χ1v) is 6.85. The van der Waals surface area contributed by atoms with Crippen LogP contribution >= 0.6 is 22.6 Å². The van der Waals surface area contributed by atoms with Gasteiger partial charge in [0.2, 0.25) is 11.8 Å². The summed E-state index contributed by atoms with van der Waals surface area (Å²) in [5.74, 6) is 1.18. The number of aromatic nitrogens is 2. The standard InChI is InChI=1S/C13H16IN3O/c1-13(2,3)15-8-11-16-17-12(18-11)9-4-6-10(14)7-5-9/h4-7,15H,8H2,1-3H3. The van der Waals surface area contributed by atoms with Gasteiger partial charge in [-0.25, -0.2) is 0 Å². The molecular formula is C13H16IN3O. The van der Waals surface area contributed by atoms with Crippen molar-refractivity contribution in [2.45, 2.75) is 32.9 Å². The van der Waals surface area contributed by atoms with Gasteiger partial charge in [-0.05, 0) is 67.6 Å². The Kier molecular flexibility index (Phi) is 4.01. The fraction of sp³-hybridized carbons (Fsp3) is 0.385. The highest BCUT2D eigenvalue weighted by Crippen LogP contribution is 2.19. The highest BCUT2D eigenvalue weighted by molar-refractivity contribution is 14.1. The second kappa shape index (κ2) is 5.36. The molecule has 1 aromatic carbocycles. The Morgan fingerprint density at radius 2 is 1.83 bits per heavy atom. The lowest BCUT2D eigenvalue weighted by Gasteiger charge is -2.18. The Balaban J connectivity index is 2.08. The van der Waals surface area contributed by atoms with E-state index in [1.54, 1.807) is 0 Å². The van der Waals surface area contributed by atoms with E-state index in [2.05, 4.69) is 58.9 Å². The Bertz CT molecular complexity index is 514. The third-order valence-electron chi connectivity index (χ3n) is 2.33. The predicted octanol–water partition coefficient (Wildman–Crippen LogP) is 3.23. The molecule has 0 radical (unpaired) electrons. The number of hydrogen-bond donors (Lipinski definition) is 1. The van der Waals surface area contributed by atoms with Crippen LogP contribution in [0.3, 0.4) is 0 Å². The summed E-state index contributed by atoms with van der Waals surface area (Å²) in [6, 6.07) is 8.01. The number of nitrogens with one attached hydrogen (secondary N) is 1. The minimum absolute atomic E-state index is 0.0392. The summed E-state index contributed by atoms with van der Waals surface area (Å²) >= 11 is 2.27. The fourth-order valence-corrected chi connectivity index (χ4v) is 1.73. The molecule has 0 saturated carbocycles. The highest BCUT2D eigenvalue weighted by atomic mass is 127. The van der Waals surface area contributed by atoms with Crippen molar-refractivity contribution in [3.8, 4) is 11.5 Å². The average molecular weight is 357 g/mol. The molecule has 4 nitrogen and oxygen atoms in total. The van der Waals surface area contributed by atoms with Gasteiger partial charge in [-0.3, -0.25) is 0 Å². The number of nitrogens with zero attached hydrogens (tertiary/aromatic N) is 2. The Labute approximate surface area is 120 Å². The lowest BCUT2D eigenvalue weighted by atomic mass is 10.1. The van der Waals surface area contributed by atoms with E-state index >= 15 is 0 Å². The molecule has 1 aromatic heterocycles. The number of benzene rings is 1. The minimum atomic E-state index is 0.0392. The zero-order chi connectivity index (χ0) is 13.2. The maximum Gasteiger partial charge on any atom is 0.247 e. The Hall–Kier alpha value is -0.950. The molecule has 0 saturated heterocycles.